The van der Waals surface area contributed by atoms with Crippen molar-refractivity contribution in [3.63, 3.8) is 0 Å². The number of carbonyl (C=O) groups is 1. The van der Waals surface area contributed by atoms with E-state index in [1.807, 2.05) is 18.6 Å². The molecule has 0 aromatic carbocycles. The van der Waals surface area contributed by atoms with E-state index in [0.29, 0.717) is 13.0 Å². The Hall–Kier alpha value is -0.940. The Labute approximate surface area is 98.9 Å². The Morgan fingerprint density at radius 2 is 2.56 bits per heavy atom. The monoisotopic (exact) mass is 240 g/mol. The number of aromatic nitrogens is 1. The lowest BCUT2D eigenvalue weighted by Gasteiger charge is -2.22. The second-order valence-electron chi connectivity index (χ2n) is 4.37. The van der Waals surface area contributed by atoms with E-state index >= 15 is 0 Å². The summed E-state index contributed by atoms with van der Waals surface area (Å²) in [6.45, 7) is 4.33. The molecule has 0 saturated carbocycles. The van der Waals surface area contributed by atoms with E-state index in [2.05, 4.69) is 9.88 Å². The number of hydrogen-bond acceptors (Lipinski definition) is 4. The van der Waals surface area contributed by atoms with Crippen LogP contribution in [0.1, 0.15) is 24.6 Å². The molecular weight excluding hydrogens is 224 g/mol. The lowest BCUT2D eigenvalue weighted by molar-refractivity contribution is -0.148. The summed E-state index contributed by atoms with van der Waals surface area (Å²) in [4.78, 5) is 18.7. The Morgan fingerprint density at radius 1 is 1.75 bits per heavy atom. The number of hydrogen-bond donors (Lipinski definition) is 1. The van der Waals surface area contributed by atoms with E-state index in [9.17, 15) is 9.90 Å². The molecule has 0 radical (unpaired) electrons. The quantitative estimate of drug-likeness (QED) is 0.872. The predicted octanol–water partition coefficient (Wildman–Crippen LogP) is 1.83. The average Bonchev–Trinajstić information content (AvgIpc) is 2.88. The van der Waals surface area contributed by atoms with Gasteiger partial charge in [-0.1, -0.05) is 6.92 Å². The third-order valence-corrected chi connectivity index (χ3v) is 4.19. The van der Waals surface area contributed by atoms with Crippen LogP contribution in [0.25, 0.3) is 0 Å². The van der Waals surface area contributed by atoms with Crippen LogP contribution in [0.4, 0.5) is 0 Å². The molecule has 2 rings (SSSR count). The van der Waals surface area contributed by atoms with Crippen molar-refractivity contribution in [1.82, 2.24) is 9.88 Å². The van der Waals surface area contributed by atoms with Gasteiger partial charge < -0.3 is 5.11 Å². The highest BCUT2D eigenvalue weighted by Crippen LogP contribution is 2.35. The molecule has 1 N–H and O–H groups in total. The molecule has 1 aliphatic heterocycles. The first-order valence-electron chi connectivity index (χ1n) is 5.49. The molecule has 88 valence electrons. The molecular formula is C11H16N2O2S. The highest BCUT2D eigenvalue weighted by molar-refractivity contribution is 7.09. The van der Waals surface area contributed by atoms with Gasteiger partial charge in [0.25, 0.3) is 0 Å². The summed E-state index contributed by atoms with van der Waals surface area (Å²) in [5.41, 5.74) is 1.29. The van der Waals surface area contributed by atoms with Crippen LogP contribution >= 0.6 is 11.3 Å². The van der Waals surface area contributed by atoms with Gasteiger partial charge in [0.05, 0.1) is 10.9 Å². The van der Waals surface area contributed by atoms with Gasteiger partial charge in [-0.25, -0.2) is 0 Å². The minimum atomic E-state index is -0.651. The molecule has 5 heteroatoms. The molecule has 1 fully saturated rings. The first-order chi connectivity index (χ1) is 7.66. The van der Waals surface area contributed by atoms with Crippen LogP contribution in [-0.4, -0.2) is 34.0 Å². The highest BCUT2D eigenvalue weighted by Gasteiger charge is 2.43. The number of thiazole rings is 1. The van der Waals surface area contributed by atoms with Crippen molar-refractivity contribution in [2.45, 2.75) is 26.3 Å². The number of likely N-dealkylation sites (tertiary alicyclic amines) is 1. The van der Waals surface area contributed by atoms with Crippen LogP contribution in [0.15, 0.2) is 11.7 Å². The fourth-order valence-corrected chi connectivity index (χ4v) is 2.88. The molecule has 1 atom stereocenters. The molecule has 0 spiro atoms. The summed E-state index contributed by atoms with van der Waals surface area (Å²) in [7, 11) is 0. The van der Waals surface area contributed by atoms with Crippen molar-refractivity contribution in [2.75, 3.05) is 13.1 Å². The lowest BCUT2D eigenvalue weighted by Crippen LogP contribution is -2.33. The van der Waals surface area contributed by atoms with Crippen molar-refractivity contribution < 1.29 is 9.90 Å². The maximum absolute atomic E-state index is 11.3. The van der Waals surface area contributed by atoms with Gasteiger partial charge in [0, 0.05) is 24.2 Å². The number of carboxylic acids is 1. The van der Waals surface area contributed by atoms with Crippen LogP contribution < -0.4 is 0 Å². The largest absolute Gasteiger partial charge is 0.481 e. The topological polar surface area (TPSA) is 53.4 Å². The molecule has 1 aromatic rings. The van der Waals surface area contributed by atoms with Gasteiger partial charge in [-0.2, -0.15) is 0 Å². The molecule has 16 heavy (non-hydrogen) atoms. The Kier molecular flexibility index (Phi) is 3.25. The summed E-state index contributed by atoms with van der Waals surface area (Å²) in [5, 5.41) is 9.27. The van der Waals surface area contributed by atoms with Crippen LogP contribution in [-0.2, 0) is 11.3 Å². The molecule has 0 bridgehead atoms. The van der Waals surface area contributed by atoms with Crippen molar-refractivity contribution in [2.24, 2.45) is 5.41 Å². The van der Waals surface area contributed by atoms with Crippen LogP contribution in [0.3, 0.4) is 0 Å². The van der Waals surface area contributed by atoms with E-state index in [-0.39, 0.29) is 0 Å². The van der Waals surface area contributed by atoms with Crippen molar-refractivity contribution >= 4 is 17.3 Å². The van der Waals surface area contributed by atoms with Crippen LogP contribution in [0.2, 0.25) is 0 Å². The first kappa shape index (κ1) is 11.5. The molecule has 1 aromatic heterocycles. The number of aliphatic carboxylic acids is 1. The Morgan fingerprint density at radius 3 is 3.06 bits per heavy atom. The summed E-state index contributed by atoms with van der Waals surface area (Å²) >= 11 is 1.63. The van der Waals surface area contributed by atoms with Gasteiger partial charge in [-0.3, -0.25) is 14.7 Å². The minimum Gasteiger partial charge on any atom is -0.481 e. The SMILES string of the molecule is CCC1(C(=O)O)CCN(Cc2cncs2)C1. The van der Waals surface area contributed by atoms with E-state index in [4.69, 9.17) is 0 Å². The zero-order chi connectivity index (χ0) is 11.6. The third-order valence-electron chi connectivity index (χ3n) is 3.43. The number of carboxylic acid groups (broad SMARTS) is 1. The van der Waals surface area contributed by atoms with Crippen molar-refractivity contribution in [1.29, 1.82) is 0 Å². The zero-order valence-electron chi connectivity index (χ0n) is 9.35. The standard InChI is InChI=1S/C11H16N2O2S/c1-2-11(10(14)15)3-4-13(7-11)6-9-5-12-8-16-9/h5,8H,2-4,6-7H2,1H3,(H,14,15). The second-order valence-corrected chi connectivity index (χ2v) is 5.34. The predicted molar refractivity (Wildman–Crippen MR) is 62.4 cm³/mol. The fourth-order valence-electron chi connectivity index (χ4n) is 2.25. The van der Waals surface area contributed by atoms with Gasteiger partial charge in [0.1, 0.15) is 0 Å². The van der Waals surface area contributed by atoms with E-state index in [0.717, 1.165) is 19.5 Å². The fraction of sp³-hybridized carbons (Fsp3) is 0.636. The molecule has 4 nitrogen and oxygen atoms in total. The van der Waals surface area contributed by atoms with Gasteiger partial charge in [-0.15, -0.1) is 11.3 Å². The summed E-state index contributed by atoms with van der Waals surface area (Å²) < 4.78 is 0. The normalized spacial score (nSPS) is 26.1. The Bertz CT molecular complexity index is 366. The van der Waals surface area contributed by atoms with Crippen LogP contribution in [0.5, 0.6) is 0 Å². The van der Waals surface area contributed by atoms with Crippen molar-refractivity contribution in [3.05, 3.63) is 16.6 Å². The van der Waals surface area contributed by atoms with E-state index in [1.54, 1.807) is 11.3 Å². The van der Waals surface area contributed by atoms with Gasteiger partial charge in [0.15, 0.2) is 0 Å². The summed E-state index contributed by atoms with van der Waals surface area (Å²) in [6.07, 6.45) is 3.33. The maximum Gasteiger partial charge on any atom is 0.310 e. The number of rotatable bonds is 4. The Balaban J connectivity index is 1.99. The van der Waals surface area contributed by atoms with E-state index < -0.39 is 11.4 Å². The van der Waals surface area contributed by atoms with Gasteiger partial charge in [0.2, 0.25) is 0 Å². The van der Waals surface area contributed by atoms with Gasteiger partial charge in [-0.05, 0) is 19.4 Å². The first-order valence-corrected chi connectivity index (χ1v) is 6.37. The highest BCUT2D eigenvalue weighted by atomic mass is 32.1. The summed E-state index contributed by atoms with van der Waals surface area (Å²) in [5.74, 6) is -0.651. The maximum atomic E-state index is 11.3. The smallest absolute Gasteiger partial charge is 0.310 e. The summed E-state index contributed by atoms with van der Waals surface area (Å²) in [6, 6.07) is 0. The van der Waals surface area contributed by atoms with Crippen LogP contribution in [0, 0.1) is 5.41 Å². The molecule has 0 aliphatic carbocycles. The van der Waals surface area contributed by atoms with Gasteiger partial charge >= 0.3 is 5.97 Å². The number of nitrogens with zero attached hydrogens (tertiary/aromatic N) is 2. The molecule has 1 saturated heterocycles. The lowest BCUT2D eigenvalue weighted by atomic mass is 9.84. The average molecular weight is 240 g/mol. The molecule has 1 unspecified atom stereocenters. The molecule has 1 aliphatic rings. The minimum absolute atomic E-state index is 0.523. The zero-order valence-corrected chi connectivity index (χ0v) is 10.2. The third kappa shape index (κ3) is 2.10. The molecule has 0 amide bonds. The second kappa shape index (κ2) is 4.51. The molecule has 2 heterocycles. The van der Waals surface area contributed by atoms with E-state index in [1.165, 1.54) is 4.88 Å². The van der Waals surface area contributed by atoms with Crippen molar-refractivity contribution in [3.8, 4) is 0 Å².